The number of non-ortho nitro benzene ring substituents is 1. The first kappa shape index (κ1) is 21.0. The highest BCUT2D eigenvalue weighted by atomic mass is 35.5. The second kappa shape index (κ2) is 8.83. The minimum absolute atomic E-state index is 0.129. The fourth-order valence-electron chi connectivity index (χ4n) is 3.23. The van der Waals surface area contributed by atoms with Gasteiger partial charge in [0.15, 0.2) is 5.13 Å². The molecule has 0 spiro atoms. The Bertz CT molecular complexity index is 1260. The summed E-state index contributed by atoms with van der Waals surface area (Å²) in [7, 11) is 0. The van der Waals surface area contributed by atoms with Crippen molar-refractivity contribution in [3.8, 4) is 0 Å². The second-order valence-corrected chi connectivity index (χ2v) is 8.35. The molecule has 2 heterocycles. The van der Waals surface area contributed by atoms with Gasteiger partial charge in [0.05, 0.1) is 21.5 Å². The van der Waals surface area contributed by atoms with Gasteiger partial charge in [0.1, 0.15) is 0 Å². The summed E-state index contributed by atoms with van der Waals surface area (Å²) in [5.41, 5.74) is 1.71. The van der Waals surface area contributed by atoms with Crippen LogP contribution >= 0.6 is 22.9 Å². The van der Waals surface area contributed by atoms with Crippen molar-refractivity contribution in [1.82, 2.24) is 14.5 Å². The molecular formula is C21H18ClN5O3S. The number of rotatable bonds is 7. The van der Waals surface area contributed by atoms with Gasteiger partial charge in [-0.2, -0.15) is 0 Å². The van der Waals surface area contributed by atoms with Crippen molar-refractivity contribution in [2.75, 3.05) is 11.4 Å². The molecule has 2 aromatic carbocycles. The predicted molar refractivity (Wildman–Crippen MR) is 121 cm³/mol. The van der Waals surface area contributed by atoms with Gasteiger partial charge in [0, 0.05) is 48.2 Å². The van der Waals surface area contributed by atoms with Crippen LogP contribution in [0.1, 0.15) is 22.3 Å². The smallest absolute Gasteiger partial charge is 0.270 e. The lowest BCUT2D eigenvalue weighted by Gasteiger charge is -2.20. The first-order valence-corrected chi connectivity index (χ1v) is 10.7. The fraction of sp³-hybridized carbons (Fsp3) is 0.190. The van der Waals surface area contributed by atoms with Gasteiger partial charge >= 0.3 is 0 Å². The third-order valence-corrected chi connectivity index (χ3v) is 6.33. The van der Waals surface area contributed by atoms with Crippen molar-refractivity contribution in [2.45, 2.75) is 19.9 Å². The maximum absolute atomic E-state index is 13.4. The van der Waals surface area contributed by atoms with E-state index in [0.717, 1.165) is 15.8 Å². The highest BCUT2D eigenvalue weighted by Gasteiger charge is 2.23. The normalized spacial score (nSPS) is 11.0. The van der Waals surface area contributed by atoms with E-state index in [1.165, 1.54) is 29.5 Å². The molecule has 0 aliphatic carbocycles. The van der Waals surface area contributed by atoms with Crippen LogP contribution in [-0.4, -0.2) is 31.9 Å². The molecule has 0 radical (unpaired) electrons. The highest BCUT2D eigenvalue weighted by Crippen LogP contribution is 2.34. The zero-order chi connectivity index (χ0) is 22.0. The minimum Gasteiger partial charge on any atom is -0.337 e. The molecule has 0 saturated heterocycles. The number of anilines is 1. The van der Waals surface area contributed by atoms with E-state index in [-0.39, 0.29) is 17.2 Å². The van der Waals surface area contributed by atoms with Crippen molar-refractivity contribution in [3.05, 3.63) is 81.4 Å². The van der Waals surface area contributed by atoms with Gasteiger partial charge in [-0.15, -0.1) is 0 Å². The van der Waals surface area contributed by atoms with Crippen LogP contribution in [0.4, 0.5) is 10.8 Å². The maximum atomic E-state index is 13.4. The molecule has 4 aromatic rings. The third-order valence-electron chi connectivity index (χ3n) is 4.87. The van der Waals surface area contributed by atoms with Crippen LogP contribution in [0.3, 0.4) is 0 Å². The minimum atomic E-state index is -0.511. The molecule has 0 bridgehead atoms. The number of carbonyl (C=O) groups is 1. The van der Waals surface area contributed by atoms with Gasteiger partial charge < -0.3 is 4.57 Å². The predicted octanol–water partition coefficient (Wildman–Crippen LogP) is 5.10. The second-order valence-electron chi connectivity index (χ2n) is 6.93. The highest BCUT2D eigenvalue weighted by molar-refractivity contribution is 7.22. The number of halogens is 1. The molecule has 1 amide bonds. The van der Waals surface area contributed by atoms with E-state index in [4.69, 9.17) is 11.6 Å². The Morgan fingerprint density at radius 1 is 1.32 bits per heavy atom. The van der Waals surface area contributed by atoms with E-state index in [9.17, 15) is 14.9 Å². The lowest BCUT2D eigenvalue weighted by molar-refractivity contribution is -0.384. The average molecular weight is 456 g/mol. The van der Waals surface area contributed by atoms with E-state index in [2.05, 4.69) is 9.97 Å². The Kier molecular flexibility index (Phi) is 5.97. The van der Waals surface area contributed by atoms with Crippen LogP contribution in [0.5, 0.6) is 0 Å². The Morgan fingerprint density at radius 2 is 2.16 bits per heavy atom. The number of imidazole rings is 1. The van der Waals surface area contributed by atoms with Crippen LogP contribution in [-0.2, 0) is 6.54 Å². The quantitative estimate of drug-likeness (QED) is 0.285. The third kappa shape index (κ3) is 4.42. The standard InChI is InChI=1S/C21H18ClN5O3S/c1-14-17(22)6-7-18-19(14)24-21(31-18)26(10-3-9-25-11-8-23-13-25)20(28)15-4-2-5-16(12-15)27(29)30/h2,4-8,11-13H,3,9-10H2,1H3. The monoisotopic (exact) mass is 455 g/mol. The zero-order valence-electron chi connectivity index (χ0n) is 16.6. The van der Waals surface area contributed by atoms with E-state index >= 15 is 0 Å². The Balaban J connectivity index is 1.68. The molecule has 10 heteroatoms. The number of aryl methyl sites for hydroxylation is 2. The topological polar surface area (TPSA) is 94.2 Å². The van der Waals surface area contributed by atoms with Crippen LogP contribution < -0.4 is 4.90 Å². The molecule has 31 heavy (non-hydrogen) atoms. The first-order valence-electron chi connectivity index (χ1n) is 9.52. The Morgan fingerprint density at radius 3 is 2.90 bits per heavy atom. The number of carbonyl (C=O) groups excluding carboxylic acids is 1. The lowest BCUT2D eigenvalue weighted by atomic mass is 10.1. The van der Waals surface area contributed by atoms with Crippen LogP contribution in [0.2, 0.25) is 5.02 Å². The summed E-state index contributed by atoms with van der Waals surface area (Å²) in [6.45, 7) is 2.96. The van der Waals surface area contributed by atoms with Crippen molar-refractivity contribution >= 4 is 49.9 Å². The van der Waals surface area contributed by atoms with Gasteiger partial charge in [0.2, 0.25) is 0 Å². The molecule has 0 unspecified atom stereocenters. The maximum Gasteiger partial charge on any atom is 0.270 e. The Labute approximate surface area is 186 Å². The van der Waals surface area contributed by atoms with Gasteiger partial charge in [-0.25, -0.2) is 9.97 Å². The summed E-state index contributed by atoms with van der Waals surface area (Å²) in [6, 6.07) is 9.44. The van der Waals surface area contributed by atoms with E-state index in [1.54, 1.807) is 23.5 Å². The van der Waals surface area contributed by atoms with E-state index < -0.39 is 4.92 Å². The molecule has 0 atom stereocenters. The molecule has 0 saturated carbocycles. The summed E-state index contributed by atoms with van der Waals surface area (Å²) in [6.07, 6.45) is 5.93. The van der Waals surface area contributed by atoms with Crippen molar-refractivity contribution in [2.24, 2.45) is 0 Å². The first-order chi connectivity index (χ1) is 14.9. The molecular weight excluding hydrogens is 438 g/mol. The van der Waals surface area contributed by atoms with E-state index in [0.29, 0.717) is 29.7 Å². The number of amides is 1. The summed E-state index contributed by atoms with van der Waals surface area (Å²) in [5.74, 6) is -0.336. The van der Waals surface area contributed by atoms with Gasteiger partial charge in [-0.1, -0.05) is 29.0 Å². The lowest BCUT2D eigenvalue weighted by Crippen LogP contribution is -2.32. The largest absolute Gasteiger partial charge is 0.337 e. The molecule has 0 aliphatic heterocycles. The molecule has 158 valence electrons. The summed E-state index contributed by atoms with van der Waals surface area (Å²) in [5, 5.41) is 12.3. The number of nitrogens with zero attached hydrogens (tertiary/aromatic N) is 5. The van der Waals surface area contributed by atoms with Gasteiger partial charge in [0.25, 0.3) is 11.6 Å². The number of benzene rings is 2. The molecule has 2 aromatic heterocycles. The molecule has 0 N–H and O–H groups in total. The zero-order valence-corrected chi connectivity index (χ0v) is 18.1. The number of thiazole rings is 1. The summed E-state index contributed by atoms with van der Waals surface area (Å²) >= 11 is 7.63. The molecule has 8 nitrogen and oxygen atoms in total. The number of nitro groups is 1. The molecule has 4 rings (SSSR count). The number of fused-ring (bicyclic) bond motifs is 1. The molecule has 0 aliphatic rings. The number of nitro benzene ring substituents is 1. The number of hydrogen-bond donors (Lipinski definition) is 0. The van der Waals surface area contributed by atoms with Crippen LogP contribution in [0.15, 0.2) is 55.1 Å². The van der Waals surface area contributed by atoms with Crippen molar-refractivity contribution in [1.29, 1.82) is 0 Å². The average Bonchev–Trinajstić information content (AvgIpc) is 3.44. The number of aromatic nitrogens is 3. The van der Waals surface area contributed by atoms with Crippen LogP contribution in [0, 0.1) is 17.0 Å². The fourth-order valence-corrected chi connectivity index (χ4v) is 4.43. The number of hydrogen-bond acceptors (Lipinski definition) is 6. The Hall–Kier alpha value is -3.30. The molecule has 0 fully saturated rings. The summed E-state index contributed by atoms with van der Waals surface area (Å²) < 4.78 is 2.85. The van der Waals surface area contributed by atoms with Crippen LogP contribution in [0.25, 0.3) is 10.2 Å². The van der Waals surface area contributed by atoms with Gasteiger partial charge in [-0.3, -0.25) is 19.8 Å². The van der Waals surface area contributed by atoms with E-state index in [1.807, 2.05) is 29.8 Å². The van der Waals surface area contributed by atoms with Crippen molar-refractivity contribution in [3.63, 3.8) is 0 Å². The van der Waals surface area contributed by atoms with Gasteiger partial charge in [-0.05, 0) is 37.1 Å². The summed E-state index contributed by atoms with van der Waals surface area (Å²) in [4.78, 5) is 34.3. The SMILES string of the molecule is Cc1c(Cl)ccc2sc(N(CCCn3ccnc3)C(=O)c3cccc([N+](=O)[O-])c3)nc12. The van der Waals surface area contributed by atoms with Crippen molar-refractivity contribution < 1.29 is 9.72 Å².